The molecule has 1 heterocycles. The first-order valence-electron chi connectivity index (χ1n) is 7.35. The summed E-state index contributed by atoms with van der Waals surface area (Å²) in [6.07, 6.45) is 4.06. The predicted octanol–water partition coefficient (Wildman–Crippen LogP) is 5.20. The second-order valence-corrected chi connectivity index (χ2v) is 6.34. The van der Waals surface area contributed by atoms with Gasteiger partial charge in [-0.25, -0.2) is 4.98 Å². The molecule has 20 heavy (non-hydrogen) atoms. The average Bonchev–Trinajstić information content (AvgIpc) is 2.37. The van der Waals surface area contributed by atoms with E-state index < -0.39 is 0 Å². The molecular weight excluding hydrogens is 264 g/mol. The van der Waals surface area contributed by atoms with Crippen molar-refractivity contribution in [2.45, 2.75) is 44.9 Å². The monoisotopic (exact) mass is 284 g/mol. The summed E-state index contributed by atoms with van der Waals surface area (Å²) in [5.41, 5.74) is 3.72. The fraction of sp³-hybridized carbons (Fsp3) is 0.412. The van der Waals surface area contributed by atoms with Crippen LogP contribution in [0.2, 0.25) is 0 Å². The Morgan fingerprint density at radius 1 is 1.20 bits per heavy atom. The van der Waals surface area contributed by atoms with Gasteiger partial charge in [-0.1, -0.05) is 56.8 Å². The van der Waals surface area contributed by atoms with Crippen LogP contribution in [0, 0.1) is 4.64 Å². The molecule has 0 aliphatic heterocycles. The maximum atomic E-state index is 5.27. The van der Waals surface area contributed by atoms with E-state index in [4.69, 9.17) is 12.2 Å². The van der Waals surface area contributed by atoms with Crippen molar-refractivity contribution in [1.82, 2.24) is 9.97 Å². The minimum Gasteiger partial charge on any atom is -0.343 e. The topological polar surface area (TPSA) is 28.7 Å². The summed E-state index contributed by atoms with van der Waals surface area (Å²) in [6, 6.07) is 10.8. The van der Waals surface area contributed by atoms with E-state index >= 15 is 0 Å². The largest absolute Gasteiger partial charge is 0.343 e. The molecule has 0 radical (unpaired) electrons. The van der Waals surface area contributed by atoms with Crippen molar-refractivity contribution in [2.24, 2.45) is 0 Å². The number of nitrogens with zero attached hydrogens (tertiary/aromatic N) is 1. The van der Waals surface area contributed by atoms with Crippen LogP contribution >= 0.6 is 12.2 Å². The van der Waals surface area contributed by atoms with Crippen molar-refractivity contribution in [1.29, 1.82) is 0 Å². The number of aromatic nitrogens is 2. The van der Waals surface area contributed by atoms with Crippen molar-refractivity contribution >= 4 is 12.2 Å². The average molecular weight is 284 g/mol. The maximum absolute atomic E-state index is 5.27. The van der Waals surface area contributed by atoms with Gasteiger partial charge in [0.25, 0.3) is 0 Å². The molecule has 1 aliphatic carbocycles. The van der Waals surface area contributed by atoms with Gasteiger partial charge >= 0.3 is 0 Å². The fourth-order valence-electron chi connectivity index (χ4n) is 2.58. The number of aromatic amines is 1. The van der Waals surface area contributed by atoms with Gasteiger partial charge in [0.15, 0.2) is 0 Å². The van der Waals surface area contributed by atoms with Crippen LogP contribution in [-0.2, 0) is 0 Å². The molecule has 0 amide bonds. The molecule has 3 rings (SSSR count). The lowest BCUT2D eigenvalue weighted by molar-refractivity contribution is 0.420. The van der Waals surface area contributed by atoms with E-state index in [0.717, 1.165) is 17.4 Å². The predicted molar refractivity (Wildman–Crippen MR) is 85.5 cm³/mol. The first kappa shape index (κ1) is 13.5. The molecule has 0 spiro atoms. The van der Waals surface area contributed by atoms with Crippen molar-refractivity contribution in [2.75, 3.05) is 0 Å². The standard InChI is InChI=1S/C17H20N2S/c1-11(2)17-18-15(10-16(20)19-17)14-8-6-13(7-9-14)12-4-3-5-12/h6-12H,3-5H2,1-2H3,(H,18,19,20). The summed E-state index contributed by atoms with van der Waals surface area (Å²) < 4.78 is 0.658. The van der Waals surface area contributed by atoms with Crippen LogP contribution in [0.4, 0.5) is 0 Å². The van der Waals surface area contributed by atoms with Crippen LogP contribution in [0.3, 0.4) is 0 Å². The van der Waals surface area contributed by atoms with Gasteiger partial charge in [-0.3, -0.25) is 0 Å². The number of hydrogen-bond acceptors (Lipinski definition) is 2. The van der Waals surface area contributed by atoms with Crippen LogP contribution in [0.25, 0.3) is 11.3 Å². The van der Waals surface area contributed by atoms with Gasteiger partial charge in [0.2, 0.25) is 0 Å². The molecule has 0 saturated heterocycles. The van der Waals surface area contributed by atoms with E-state index in [1.54, 1.807) is 0 Å². The Kier molecular flexibility index (Phi) is 3.70. The van der Waals surface area contributed by atoms with Gasteiger partial charge in [0, 0.05) is 11.6 Å². The molecule has 1 N–H and O–H groups in total. The molecule has 1 aromatic carbocycles. The molecule has 1 saturated carbocycles. The summed E-state index contributed by atoms with van der Waals surface area (Å²) in [5.74, 6) is 2.09. The zero-order valence-electron chi connectivity index (χ0n) is 12.0. The van der Waals surface area contributed by atoms with E-state index in [2.05, 4.69) is 48.1 Å². The van der Waals surface area contributed by atoms with E-state index in [1.165, 1.54) is 30.4 Å². The van der Waals surface area contributed by atoms with Crippen LogP contribution in [0.5, 0.6) is 0 Å². The summed E-state index contributed by atoms with van der Waals surface area (Å²) in [4.78, 5) is 7.79. The molecule has 2 nitrogen and oxygen atoms in total. The lowest BCUT2D eigenvalue weighted by Crippen LogP contribution is -2.08. The van der Waals surface area contributed by atoms with Gasteiger partial charge in [-0.15, -0.1) is 0 Å². The third kappa shape index (κ3) is 2.68. The molecule has 1 fully saturated rings. The summed E-state index contributed by atoms with van der Waals surface area (Å²) >= 11 is 5.27. The van der Waals surface area contributed by atoms with E-state index in [9.17, 15) is 0 Å². The Bertz CT molecular complexity index is 651. The highest BCUT2D eigenvalue weighted by atomic mass is 32.1. The van der Waals surface area contributed by atoms with Gasteiger partial charge in [-0.2, -0.15) is 0 Å². The van der Waals surface area contributed by atoms with Crippen LogP contribution in [0.1, 0.15) is 56.3 Å². The molecule has 1 aromatic heterocycles. The van der Waals surface area contributed by atoms with E-state index in [0.29, 0.717) is 10.6 Å². The van der Waals surface area contributed by atoms with Crippen molar-refractivity contribution in [3.05, 3.63) is 46.4 Å². The molecule has 3 heteroatoms. The quantitative estimate of drug-likeness (QED) is 0.785. The van der Waals surface area contributed by atoms with Gasteiger partial charge in [-0.05, 0) is 36.0 Å². The minimum atomic E-state index is 0.353. The van der Waals surface area contributed by atoms with Crippen molar-refractivity contribution < 1.29 is 0 Å². The molecule has 0 bridgehead atoms. The van der Waals surface area contributed by atoms with Gasteiger partial charge in [0.1, 0.15) is 10.5 Å². The van der Waals surface area contributed by atoms with Crippen LogP contribution in [-0.4, -0.2) is 9.97 Å². The molecule has 1 aliphatic rings. The summed E-state index contributed by atoms with van der Waals surface area (Å²) in [5, 5.41) is 0. The van der Waals surface area contributed by atoms with Crippen molar-refractivity contribution in [3.63, 3.8) is 0 Å². The maximum Gasteiger partial charge on any atom is 0.130 e. The van der Waals surface area contributed by atoms with Gasteiger partial charge < -0.3 is 4.98 Å². The second kappa shape index (κ2) is 5.49. The number of hydrogen-bond donors (Lipinski definition) is 1. The number of H-pyrrole nitrogens is 1. The first-order chi connectivity index (χ1) is 9.63. The normalized spacial score (nSPS) is 15.3. The smallest absolute Gasteiger partial charge is 0.130 e. The third-order valence-corrected chi connectivity index (χ3v) is 4.32. The van der Waals surface area contributed by atoms with Crippen molar-refractivity contribution in [3.8, 4) is 11.3 Å². The summed E-state index contributed by atoms with van der Waals surface area (Å²) in [7, 11) is 0. The molecule has 2 aromatic rings. The molecule has 0 unspecified atom stereocenters. The SMILES string of the molecule is CC(C)c1nc(=S)cc(-c2ccc(C3CCC3)cc2)[nH]1. The van der Waals surface area contributed by atoms with Crippen LogP contribution in [0.15, 0.2) is 30.3 Å². The number of nitrogens with one attached hydrogen (secondary N) is 1. The number of rotatable bonds is 3. The number of benzene rings is 1. The minimum absolute atomic E-state index is 0.353. The van der Waals surface area contributed by atoms with E-state index in [1.807, 2.05) is 6.07 Å². The molecule has 0 atom stereocenters. The lowest BCUT2D eigenvalue weighted by atomic mass is 9.80. The highest BCUT2D eigenvalue weighted by Gasteiger charge is 2.19. The molecule has 104 valence electrons. The Hall–Kier alpha value is -1.48. The Morgan fingerprint density at radius 2 is 1.90 bits per heavy atom. The van der Waals surface area contributed by atoms with Crippen LogP contribution < -0.4 is 0 Å². The van der Waals surface area contributed by atoms with E-state index in [-0.39, 0.29) is 0 Å². The summed E-state index contributed by atoms with van der Waals surface area (Å²) in [6.45, 7) is 4.24. The Labute approximate surface area is 125 Å². The Balaban J connectivity index is 1.93. The third-order valence-electron chi connectivity index (χ3n) is 4.11. The highest BCUT2D eigenvalue weighted by Crippen LogP contribution is 2.36. The highest BCUT2D eigenvalue weighted by molar-refractivity contribution is 7.71. The first-order valence-corrected chi connectivity index (χ1v) is 7.76. The lowest BCUT2D eigenvalue weighted by Gasteiger charge is -2.25. The second-order valence-electron chi connectivity index (χ2n) is 5.92. The molecular formula is C17H20N2S. The fourth-order valence-corrected chi connectivity index (χ4v) is 2.80. The zero-order valence-corrected chi connectivity index (χ0v) is 12.8. The van der Waals surface area contributed by atoms with Gasteiger partial charge in [0.05, 0.1) is 0 Å². The zero-order chi connectivity index (χ0) is 14.1. The Morgan fingerprint density at radius 3 is 2.45 bits per heavy atom.